The highest BCUT2D eigenvalue weighted by molar-refractivity contribution is 5.24. The van der Waals surface area contributed by atoms with Crippen molar-refractivity contribution in [1.82, 2.24) is 5.32 Å². The first-order valence-electron chi connectivity index (χ1n) is 8.24. The Morgan fingerprint density at radius 3 is 2.38 bits per heavy atom. The molecular formula is C18H28FNO. The van der Waals surface area contributed by atoms with Gasteiger partial charge in [-0.05, 0) is 62.8 Å². The Balaban J connectivity index is 2.29. The van der Waals surface area contributed by atoms with Gasteiger partial charge in [0.05, 0.1) is 11.6 Å². The van der Waals surface area contributed by atoms with Gasteiger partial charge in [0.15, 0.2) is 0 Å². The lowest BCUT2D eigenvalue weighted by Gasteiger charge is -2.45. The Kier molecular flexibility index (Phi) is 5.77. The van der Waals surface area contributed by atoms with E-state index >= 15 is 0 Å². The molecule has 118 valence electrons. The summed E-state index contributed by atoms with van der Waals surface area (Å²) >= 11 is 0. The average Bonchev–Trinajstić information content (AvgIpc) is 2.49. The first-order valence-corrected chi connectivity index (χ1v) is 8.24. The third-order valence-electron chi connectivity index (χ3n) is 4.69. The molecule has 0 bridgehead atoms. The van der Waals surface area contributed by atoms with Gasteiger partial charge in [-0.3, -0.25) is 0 Å². The number of benzene rings is 1. The Labute approximate surface area is 128 Å². The summed E-state index contributed by atoms with van der Waals surface area (Å²) in [4.78, 5) is 0. The maximum Gasteiger partial charge on any atom is 0.123 e. The van der Waals surface area contributed by atoms with Crippen molar-refractivity contribution in [1.29, 1.82) is 0 Å². The lowest BCUT2D eigenvalue weighted by Crippen LogP contribution is -2.48. The number of ether oxygens (including phenoxy) is 1. The van der Waals surface area contributed by atoms with Gasteiger partial charge in [0, 0.05) is 6.61 Å². The highest BCUT2D eigenvalue weighted by Gasteiger charge is 2.42. The van der Waals surface area contributed by atoms with Crippen LogP contribution < -0.4 is 5.32 Å². The topological polar surface area (TPSA) is 21.3 Å². The molecule has 0 heterocycles. The van der Waals surface area contributed by atoms with Crippen LogP contribution in [0.25, 0.3) is 0 Å². The first kappa shape index (κ1) is 16.4. The molecule has 1 aliphatic rings. The Morgan fingerprint density at radius 2 is 1.86 bits per heavy atom. The molecule has 0 saturated heterocycles. The van der Waals surface area contributed by atoms with E-state index in [4.69, 9.17) is 4.74 Å². The minimum absolute atomic E-state index is 0.135. The second kappa shape index (κ2) is 7.37. The van der Waals surface area contributed by atoms with Crippen molar-refractivity contribution in [3.05, 3.63) is 35.6 Å². The number of halogens is 1. The average molecular weight is 293 g/mol. The van der Waals surface area contributed by atoms with Gasteiger partial charge in [0.2, 0.25) is 0 Å². The van der Waals surface area contributed by atoms with Crippen molar-refractivity contribution in [3.63, 3.8) is 0 Å². The van der Waals surface area contributed by atoms with Gasteiger partial charge < -0.3 is 10.1 Å². The van der Waals surface area contributed by atoms with Crippen LogP contribution in [0.3, 0.4) is 0 Å². The molecule has 0 amide bonds. The molecule has 1 aliphatic carbocycles. The fourth-order valence-corrected chi connectivity index (χ4v) is 3.52. The van der Waals surface area contributed by atoms with Gasteiger partial charge in [-0.15, -0.1) is 0 Å². The van der Waals surface area contributed by atoms with E-state index in [0.29, 0.717) is 0 Å². The lowest BCUT2D eigenvalue weighted by atomic mass is 9.73. The summed E-state index contributed by atoms with van der Waals surface area (Å²) in [6.45, 7) is 8.09. The predicted octanol–water partition coefficient (Wildman–Crippen LogP) is 4.46. The highest BCUT2D eigenvalue weighted by Crippen LogP contribution is 2.43. The van der Waals surface area contributed by atoms with E-state index < -0.39 is 0 Å². The number of rotatable bonds is 6. The van der Waals surface area contributed by atoms with Crippen LogP contribution in [-0.4, -0.2) is 18.8 Å². The standard InChI is InChI=1S/C18H28FNO/c1-4-20-17(15-6-8-16(19)9-7-15)18(21-5-2)12-10-14(3)11-13-18/h6-9,14,17,20H,4-5,10-13H2,1-3H3. The SMILES string of the molecule is CCNC(c1ccc(F)cc1)C1(OCC)CCC(C)CC1. The van der Waals surface area contributed by atoms with Crippen LogP contribution in [0.5, 0.6) is 0 Å². The number of likely N-dealkylation sites (N-methyl/N-ethyl adjacent to an activating group) is 1. The summed E-state index contributed by atoms with van der Waals surface area (Å²) in [5.74, 6) is 0.589. The van der Waals surface area contributed by atoms with E-state index in [9.17, 15) is 4.39 Å². The Morgan fingerprint density at radius 1 is 1.24 bits per heavy atom. The van der Waals surface area contributed by atoms with Crippen LogP contribution in [0.2, 0.25) is 0 Å². The summed E-state index contributed by atoms with van der Waals surface area (Å²) in [7, 11) is 0. The summed E-state index contributed by atoms with van der Waals surface area (Å²) < 4.78 is 19.5. The summed E-state index contributed by atoms with van der Waals surface area (Å²) in [5, 5.41) is 3.58. The van der Waals surface area contributed by atoms with Gasteiger partial charge in [0.1, 0.15) is 5.82 Å². The minimum atomic E-state index is -0.184. The van der Waals surface area contributed by atoms with Crippen LogP contribution in [0.1, 0.15) is 58.1 Å². The van der Waals surface area contributed by atoms with E-state index in [2.05, 4.69) is 26.1 Å². The Hall–Kier alpha value is -0.930. The smallest absolute Gasteiger partial charge is 0.123 e. The molecule has 1 fully saturated rings. The molecule has 1 N–H and O–H groups in total. The van der Waals surface area contributed by atoms with E-state index in [1.165, 1.54) is 12.8 Å². The predicted molar refractivity (Wildman–Crippen MR) is 84.8 cm³/mol. The van der Waals surface area contributed by atoms with E-state index in [1.54, 1.807) is 12.1 Å². The van der Waals surface area contributed by atoms with Crippen molar-refractivity contribution < 1.29 is 9.13 Å². The minimum Gasteiger partial charge on any atom is -0.373 e. The van der Waals surface area contributed by atoms with Crippen molar-refractivity contribution in [2.24, 2.45) is 5.92 Å². The van der Waals surface area contributed by atoms with Gasteiger partial charge in [-0.2, -0.15) is 0 Å². The second-order valence-electron chi connectivity index (χ2n) is 6.22. The monoisotopic (exact) mass is 293 g/mol. The van der Waals surface area contributed by atoms with Crippen LogP contribution in [0.15, 0.2) is 24.3 Å². The maximum atomic E-state index is 13.2. The highest BCUT2D eigenvalue weighted by atomic mass is 19.1. The molecule has 0 spiro atoms. The number of hydrogen-bond acceptors (Lipinski definition) is 2. The van der Waals surface area contributed by atoms with Crippen LogP contribution in [0.4, 0.5) is 4.39 Å². The third-order valence-corrected chi connectivity index (χ3v) is 4.69. The van der Waals surface area contributed by atoms with Crippen molar-refractivity contribution in [2.45, 2.75) is 58.1 Å². The molecule has 1 aromatic rings. The molecule has 0 aliphatic heterocycles. The van der Waals surface area contributed by atoms with E-state index in [1.807, 2.05) is 12.1 Å². The molecule has 2 nitrogen and oxygen atoms in total. The molecule has 1 saturated carbocycles. The molecule has 0 radical (unpaired) electrons. The maximum absolute atomic E-state index is 13.2. The normalized spacial score (nSPS) is 27.5. The molecule has 3 heteroatoms. The van der Waals surface area contributed by atoms with Gasteiger partial charge in [0.25, 0.3) is 0 Å². The molecule has 0 aromatic heterocycles. The summed E-state index contributed by atoms with van der Waals surface area (Å²) in [6, 6.07) is 7.01. The van der Waals surface area contributed by atoms with E-state index in [0.717, 1.165) is 37.5 Å². The zero-order chi connectivity index (χ0) is 15.3. The third kappa shape index (κ3) is 3.83. The van der Waals surface area contributed by atoms with Crippen LogP contribution in [0, 0.1) is 11.7 Å². The number of hydrogen-bond donors (Lipinski definition) is 1. The van der Waals surface area contributed by atoms with Crippen LogP contribution >= 0.6 is 0 Å². The van der Waals surface area contributed by atoms with Gasteiger partial charge in [-0.25, -0.2) is 4.39 Å². The van der Waals surface area contributed by atoms with Crippen LogP contribution in [-0.2, 0) is 4.74 Å². The summed E-state index contributed by atoms with van der Waals surface area (Å²) in [5.41, 5.74) is 0.969. The molecule has 1 atom stereocenters. The van der Waals surface area contributed by atoms with E-state index in [-0.39, 0.29) is 17.5 Å². The number of nitrogens with one attached hydrogen (secondary N) is 1. The molecule has 2 rings (SSSR count). The molecular weight excluding hydrogens is 265 g/mol. The Bertz CT molecular complexity index is 423. The van der Waals surface area contributed by atoms with Gasteiger partial charge in [-0.1, -0.05) is 26.0 Å². The van der Waals surface area contributed by atoms with Crippen molar-refractivity contribution >= 4 is 0 Å². The lowest BCUT2D eigenvalue weighted by molar-refractivity contribution is -0.0973. The quantitative estimate of drug-likeness (QED) is 0.836. The van der Waals surface area contributed by atoms with Crippen molar-refractivity contribution in [2.75, 3.05) is 13.2 Å². The zero-order valence-corrected chi connectivity index (χ0v) is 13.5. The molecule has 1 aromatic carbocycles. The van der Waals surface area contributed by atoms with Crippen molar-refractivity contribution in [3.8, 4) is 0 Å². The zero-order valence-electron chi connectivity index (χ0n) is 13.5. The second-order valence-corrected chi connectivity index (χ2v) is 6.22. The fourth-order valence-electron chi connectivity index (χ4n) is 3.52. The molecule has 21 heavy (non-hydrogen) atoms. The molecule has 1 unspecified atom stereocenters. The fraction of sp³-hybridized carbons (Fsp3) is 0.667. The summed E-state index contributed by atoms with van der Waals surface area (Å²) in [6.07, 6.45) is 4.53. The van der Waals surface area contributed by atoms with Gasteiger partial charge >= 0.3 is 0 Å². The largest absolute Gasteiger partial charge is 0.373 e. The first-order chi connectivity index (χ1) is 10.1.